The molecule has 5 rings (SSSR count). The van der Waals surface area contributed by atoms with E-state index in [0.29, 0.717) is 29.1 Å². The number of aromatic nitrogens is 5. The predicted molar refractivity (Wildman–Crippen MR) is 127 cm³/mol. The van der Waals surface area contributed by atoms with Crippen molar-refractivity contribution in [1.29, 1.82) is 0 Å². The summed E-state index contributed by atoms with van der Waals surface area (Å²) >= 11 is 0. The number of hydrogen-bond acceptors (Lipinski definition) is 6. The third-order valence-corrected chi connectivity index (χ3v) is 6.68. The van der Waals surface area contributed by atoms with Gasteiger partial charge in [0.15, 0.2) is 0 Å². The second-order valence-electron chi connectivity index (χ2n) is 9.15. The number of fused-ring (bicyclic) bond motifs is 2. The Labute approximate surface area is 187 Å². The zero-order valence-corrected chi connectivity index (χ0v) is 19.5. The van der Waals surface area contributed by atoms with Crippen LogP contribution in [0.15, 0.2) is 35.4 Å². The van der Waals surface area contributed by atoms with E-state index in [1.165, 1.54) is 0 Å². The van der Waals surface area contributed by atoms with Crippen molar-refractivity contribution in [2.45, 2.75) is 46.7 Å². The Balaban J connectivity index is 1.59. The molecule has 2 atom stereocenters. The second kappa shape index (κ2) is 7.41. The molecule has 166 valence electrons. The normalized spacial score (nSPS) is 19.9. The van der Waals surface area contributed by atoms with Gasteiger partial charge in [0.1, 0.15) is 11.3 Å². The highest BCUT2D eigenvalue weighted by molar-refractivity contribution is 5.67. The molecule has 8 heteroatoms. The molecule has 1 saturated heterocycles. The quantitative estimate of drug-likeness (QED) is 0.486. The number of anilines is 1. The highest BCUT2D eigenvalue weighted by atomic mass is 16.1. The highest BCUT2D eigenvalue weighted by Gasteiger charge is 2.27. The Hall–Kier alpha value is -3.26. The molecule has 0 radical (unpaired) electrons. The van der Waals surface area contributed by atoms with Gasteiger partial charge in [-0.1, -0.05) is 0 Å². The fourth-order valence-electron chi connectivity index (χ4n) is 4.69. The molecule has 0 saturated carbocycles. The standard InChI is InChI=1S/C24H29N7O/c1-14-7-19(29-11-16(3)28(6)17(4)12-29)13-30-23(32)9-20(26-24(14)30)21-8-22-18(5)25-15(2)10-31(22)27-21/h7-10,13,16-17H,11-12H2,1-6H3/t16-,17+. The van der Waals surface area contributed by atoms with Crippen LogP contribution in [0, 0.1) is 20.8 Å². The molecular weight excluding hydrogens is 402 g/mol. The highest BCUT2D eigenvalue weighted by Crippen LogP contribution is 2.25. The second-order valence-corrected chi connectivity index (χ2v) is 9.15. The lowest BCUT2D eigenvalue weighted by molar-refractivity contribution is 0.170. The van der Waals surface area contributed by atoms with Gasteiger partial charge in [-0.05, 0) is 59.4 Å². The van der Waals surface area contributed by atoms with Gasteiger partial charge in [0.2, 0.25) is 0 Å². The van der Waals surface area contributed by atoms with Gasteiger partial charge in [-0.2, -0.15) is 5.10 Å². The Morgan fingerprint density at radius 3 is 2.38 bits per heavy atom. The van der Waals surface area contributed by atoms with Crippen LogP contribution in [0.25, 0.3) is 22.6 Å². The largest absolute Gasteiger partial charge is 0.367 e. The first-order chi connectivity index (χ1) is 15.2. The Bertz CT molecular complexity index is 1390. The molecule has 1 aliphatic rings. The van der Waals surface area contributed by atoms with Crippen LogP contribution < -0.4 is 10.5 Å². The van der Waals surface area contributed by atoms with Gasteiger partial charge >= 0.3 is 0 Å². The van der Waals surface area contributed by atoms with Crippen LogP contribution >= 0.6 is 0 Å². The topological polar surface area (TPSA) is 71.0 Å². The van der Waals surface area contributed by atoms with Crippen LogP contribution in [0.4, 0.5) is 5.69 Å². The van der Waals surface area contributed by atoms with Crippen molar-refractivity contribution >= 4 is 16.9 Å². The smallest absolute Gasteiger partial charge is 0.258 e. The van der Waals surface area contributed by atoms with Crippen molar-refractivity contribution in [2.75, 3.05) is 25.0 Å². The first-order valence-electron chi connectivity index (χ1n) is 11.1. The Kier molecular flexibility index (Phi) is 4.78. The lowest BCUT2D eigenvalue weighted by Crippen LogP contribution is -2.55. The molecule has 5 heterocycles. The van der Waals surface area contributed by atoms with E-state index < -0.39 is 0 Å². The first-order valence-corrected chi connectivity index (χ1v) is 11.1. The fourth-order valence-corrected chi connectivity index (χ4v) is 4.69. The molecule has 4 aromatic heterocycles. The van der Waals surface area contributed by atoms with Gasteiger partial charge in [0.25, 0.3) is 5.56 Å². The minimum absolute atomic E-state index is 0.103. The van der Waals surface area contributed by atoms with E-state index in [1.807, 2.05) is 43.7 Å². The summed E-state index contributed by atoms with van der Waals surface area (Å²) in [6.07, 6.45) is 3.81. The number of aryl methyl sites for hydroxylation is 3. The molecule has 0 N–H and O–H groups in total. The zero-order valence-electron chi connectivity index (χ0n) is 19.5. The van der Waals surface area contributed by atoms with Gasteiger partial charge in [-0.15, -0.1) is 0 Å². The molecule has 8 nitrogen and oxygen atoms in total. The van der Waals surface area contributed by atoms with Crippen LogP contribution in [-0.4, -0.2) is 61.1 Å². The molecule has 0 unspecified atom stereocenters. The van der Waals surface area contributed by atoms with Gasteiger partial charge in [-0.25, -0.2) is 9.50 Å². The van der Waals surface area contributed by atoms with E-state index in [2.05, 4.69) is 46.8 Å². The van der Waals surface area contributed by atoms with Crippen molar-refractivity contribution in [3.8, 4) is 11.4 Å². The predicted octanol–water partition coefficient (Wildman–Crippen LogP) is 2.86. The average molecular weight is 432 g/mol. The number of likely N-dealkylation sites (N-methyl/N-ethyl adjacent to an activating group) is 1. The van der Waals surface area contributed by atoms with Crippen LogP contribution in [0.3, 0.4) is 0 Å². The van der Waals surface area contributed by atoms with Crippen LogP contribution in [0.1, 0.15) is 30.8 Å². The summed E-state index contributed by atoms with van der Waals surface area (Å²) in [6, 6.07) is 6.55. The Morgan fingerprint density at radius 1 is 0.938 bits per heavy atom. The molecule has 4 aromatic rings. The average Bonchev–Trinajstić information content (AvgIpc) is 3.16. The zero-order chi connectivity index (χ0) is 22.7. The number of pyridine rings is 1. The number of piperazine rings is 1. The molecule has 0 aliphatic carbocycles. The van der Waals surface area contributed by atoms with Gasteiger partial charge < -0.3 is 4.90 Å². The maximum atomic E-state index is 13.1. The van der Waals surface area contributed by atoms with Crippen LogP contribution in [0.2, 0.25) is 0 Å². The van der Waals surface area contributed by atoms with Crippen molar-refractivity contribution in [2.24, 2.45) is 0 Å². The third kappa shape index (κ3) is 3.35. The molecule has 0 amide bonds. The molecule has 0 bridgehead atoms. The van der Waals surface area contributed by atoms with Crippen molar-refractivity contribution in [1.82, 2.24) is 28.9 Å². The van der Waals surface area contributed by atoms with E-state index in [4.69, 9.17) is 4.98 Å². The number of hydrogen-bond donors (Lipinski definition) is 0. The molecular formula is C24H29N7O. The van der Waals surface area contributed by atoms with Crippen molar-refractivity contribution in [3.63, 3.8) is 0 Å². The van der Waals surface area contributed by atoms with E-state index in [9.17, 15) is 4.79 Å². The van der Waals surface area contributed by atoms with Crippen LogP contribution in [0.5, 0.6) is 0 Å². The third-order valence-electron chi connectivity index (χ3n) is 6.68. The molecule has 0 spiro atoms. The lowest BCUT2D eigenvalue weighted by Gasteiger charge is -2.43. The van der Waals surface area contributed by atoms with E-state index in [-0.39, 0.29) is 5.56 Å². The molecule has 1 fully saturated rings. The van der Waals surface area contributed by atoms with Crippen molar-refractivity contribution in [3.05, 3.63) is 57.9 Å². The fraction of sp³-hybridized carbons (Fsp3) is 0.417. The van der Waals surface area contributed by atoms with Gasteiger partial charge in [0.05, 0.1) is 34.5 Å². The minimum atomic E-state index is -0.103. The van der Waals surface area contributed by atoms with E-state index in [0.717, 1.165) is 41.2 Å². The van der Waals surface area contributed by atoms with Crippen LogP contribution in [-0.2, 0) is 0 Å². The summed E-state index contributed by atoms with van der Waals surface area (Å²) in [6.45, 7) is 12.3. The molecule has 0 aromatic carbocycles. The number of rotatable bonds is 2. The monoisotopic (exact) mass is 431 g/mol. The first kappa shape index (κ1) is 20.6. The molecule has 1 aliphatic heterocycles. The summed E-state index contributed by atoms with van der Waals surface area (Å²) in [5, 5.41) is 4.65. The van der Waals surface area contributed by atoms with Gasteiger partial charge in [-0.3, -0.25) is 19.1 Å². The Morgan fingerprint density at radius 2 is 1.66 bits per heavy atom. The number of nitrogens with zero attached hydrogens (tertiary/aromatic N) is 7. The summed E-state index contributed by atoms with van der Waals surface area (Å²) in [5.41, 5.74) is 6.55. The summed E-state index contributed by atoms with van der Waals surface area (Å²) < 4.78 is 3.47. The maximum absolute atomic E-state index is 13.1. The molecule has 32 heavy (non-hydrogen) atoms. The summed E-state index contributed by atoms with van der Waals surface area (Å²) in [4.78, 5) is 27.2. The van der Waals surface area contributed by atoms with Crippen molar-refractivity contribution < 1.29 is 0 Å². The van der Waals surface area contributed by atoms with E-state index >= 15 is 0 Å². The maximum Gasteiger partial charge on any atom is 0.258 e. The summed E-state index contributed by atoms with van der Waals surface area (Å²) in [5.74, 6) is 0. The lowest BCUT2D eigenvalue weighted by atomic mass is 10.1. The van der Waals surface area contributed by atoms with Gasteiger partial charge in [0, 0.05) is 37.4 Å². The van der Waals surface area contributed by atoms with E-state index in [1.54, 1.807) is 10.5 Å². The SMILES string of the molecule is Cc1cn2nc(-c3cc(=O)n4cc(N5C[C@@H](C)N(C)[C@@H](C)C5)cc(C)c4n3)cc2c(C)n1. The summed E-state index contributed by atoms with van der Waals surface area (Å²) in [7, 11) is 2.17. The minimum Gasteiger partial charge on any atom is -0.367 e.